The summed E-state index contributed by atoms with van der Waals surface area (Å²) in [6.07, 6.45) is -4.68. The van der Waals surface area contributed by atoms with Gasteiger partial charge in [0, 0.05) is 35.2 Å². The summed E-state index contributed by atoms with van der Waals surface area (Å²) in [5, 5.41) is 11.2. The number of ether oxygens (including phenoxy) is 1. The maximum absolute atomic E-state index is 14.8. The van der Waals surface area contributed by atoms with Crippen molar-refractivity contribution >= 4 is 27.2 Å². The molecule has 3 heterocycles. The number of nitro groups is 1. The van der Waals surface area contributed by atoms with Crippen molar-refractivity contribution < 1.29 is 31.6 Å². The fourth-order valence-corrected chi connectivity index (χ4v) is 5.95. The summed E-state index contributed by atoms with van der Waals surface area (Å²) in [4.78, 5) is 45.0. The van der Waals surface area contributed by atoms with E-state index in [4.69, 9.17) is 4.74 Å². The monoisotopic (exact) mass is 647 g/mol. The Bertz CT molecular complexity index is 2020. The fraction of sp³-hybridized carbons (Fsp3) is 0.207. The van der Waals surface area contributed by atoms with Crippen LogP contribution in [-0.2, 0) is 13.1 Å². The van der Waals surface area contributed by atoms with Gasteiger partial charge in [-0.15, -0.1) is 11.3 Å². The lowest BCUT2D eigenvalue weighted by Gasteiger charge is -2.15. The smallest absolute Gasteiger partial charge is 0.422 e. The highest BCUT2D eigenvalue weighted by molar-refractivity contribution is 7.22. The molecule has 0 saturated heterocycles. The lowest BCUT2D eigenvalue weighted by molar-refractivity contribution is -0.384. The van der Waals surface area contributed by atoms with Crippen molar-refractivity contribution in [2.75, 3.05) is 20.7 Å². The molecule has 0 spiro atoms. The third-order valence-electron chi connectivity index (χ3n) is 6.59. The van der Waals surface area contributed by atoms with Crippen LogP contribution in [0.3, 0.4) is 0 Å². The highest BCUT2D eigenvalue weighted by Crippen LogP contribution is 2.38. The molecule has 2 aromatic carbocycles. The lowest BCUT2D eigenvalue weighted by atomic mass is 10.1. The number of nitrogens with zero attached hydrogens (tertiary/aromatic N) is 5. The van der Waals surface area contributed by atoms with Gasteiger partial charge in [-0.25, -0.2) is 18.1 Å². The predicted octanol–water partition coefficient (Wildman–Crippen LogP) is 5.51. The van der Waals surface area contributed by atoms with Gasteiger partial charge in [0.1, 0.15) is 22.3 Å². The normalized spacial score (nSPS) is 11.8. The van der Waals surface area contributed by atoms with E-state index in [1.807, 2.05) is 0 Å². The first-order valence-corrected chi connectivity index (χ1v) is 13.9. The first kappa shape index (κ1) is 31.5. The van der Waals surface area contributed by atoms with Crippen molar-refractivity contribution in [3.8, 4) is 22.1 Å². The minimum absolute atomic E-state index is 0.0122. The topological polar surface area (TPSA) is 112 Å². The van der Waals surface area contributed by atoms with Crippen molar-refractivity contribution in [3.05, 3.63) is 114 Å². The van der Waals surface area contributed by atoms with Gasteiger partial charge >= 0.3 is 11.9 Å². The molecule has 16 heteroatoms. The van der Waals surface area contributed by atoms with Gasteiger partial charge in [0.05, 0.1) is 16.9 Å². The zero-order chi connectivity index (χ0) is 32.6. The summed E-state index contributed by atoms with van der Waals surface area (Å²) < 4.78 is 74.3. The van der Waals surface area contributed by atoms with Crippen LogP contribution in [0.1, 0.15) is 11.1 Å². The summed E-state index contributed by atoms with van der Waals surface area (Å²) in [6, 6.07) is 12.2. The average Bonchev–Trinajstić information content (AvgIpc) is 3.34. The minimum atomic E-state index is -4.68. The predicted molar refractivity (Wildman–Crippen MR) is 156 cm³/mol. The molecule has 0 aliphatic carbocycles. The van der Waals surface area contributed by atoms with Crippen molar-refractivity contribution in [1.82, 2.24) is 19.0 Å². The van der Waals surface area contributed by atoms with Crippen LogP contribution in [0.25, 0.3) is 26.5 Å². The van der Waals surface area contributed by atoms with Crippen LogP contribution in [0, 0.1) is 21.7 Å². The van der Waals surface area contributed by atoms with E-state index in [1.165, 1.54) is 36.4 Å². The van der Waals surface area contributed by atoms with Crippen LogP contribution in [-0.4, -0.2) is 50.8 Å². The maximum atomic E-state index is 14.8. The number of alkyl halides is 3. The number of benzene rings is 2. The van der Waals surface area contributed by atoms with Crippen LogP contribution in [0.2, 0.25) is 0 Å². The molecule has 0 saturated carbocycles. The molecule has 5 aromatic rings. The van der Waals surface area contributed by atoms with E-state index in [0.29, 0.717) is 20.6 Å². The standard InChI is InChI=1S/C29H22F5N5O5S/c1-36(2)13-19-24-26(40)38(22-7-4-8-23(35-22)44-15-29(32,33)34)28(41)37(14-18-20(30)5-3-6-21(18)31)27(24)45-25(19)16-9-11-17(12-10-16)39(42)43/h3-12H,13-15H2,1-2H3. The highest BCUT2D eigenvalue weighted by Gasteiger charge is 2.29. The molecular formula is C29H22F5N5O5S. The van der Waals surface area contributed by atoms with Crippen LogP contribution in [0.5, 0.6) is 5.88 Å². The van der Waals surface area contributed by atoms with Crippen LogP contribution in [0.4, 0.5) is 27.6 Å². The Hall–Kier alpha value is -4.96. The number of hydrogen-bond donors (Lipinski definition) is 0. The Balaban J connectivity index is 1.83. The summed E-state index contributed by atoms with van der Waals surface area (Å²) in [5.41, 5.74) is -1.73. The second-order valence-corrected chi connectivity index (χ2v) is 11.1. The number of aromatic nitrogens is 3. The van der Waals surface area contributed by atoms with Crippen molar-refractivity contribution in [1.29, 1.82) is 0 Å². The highest BCUT2D eigenvalue weighted by atomic mass is 32.1. The Kier molecular flexibility index (Phi) is 8.53. The van der Waals surface area contributed by atoms with Gasteiger partial charge in [-0.3, -0.25) is 19.5 Å². The number of hydrogen-bond acceptors (Lipinski definition) is 8. The van der Waals surface area contributed by atoms with Crippen molar-refractivity contribution in [3.63, 3.8) is 0 Å². The lowest BCUT2D eigenvalue weighted by Crippen LogP contribution is -2.39. The average molecular weight is 648 g/mol. The van der Waals surface area contributed by atoms with Gasteiger partial charge in [-0.05, 0) is 55.6 Å². The number of pyridine rings is 1. The largest absolute Gasteiger partial charge is 0.468 e. The summed E-state index contributed by atoms with van der Waals surface area (Å²) in [6.45, 7) is -2.19. The van der Waals surface area contributed by atoms with Crippen LogP contribution >= 0.6 is 11.3 Å². The molecule has 3 aromatic heterocycles. The quantitative estimate of drug-likeness (QED) is 0.118. The molecule has 0 bridgehead atoms. The maximum Gasteiger partial charge on any atom is 0.422 e. The molecule has 0 aliphatic heterocycles. The number of thiophene rings is 1. The number of nitro benzene ring substituents is 1. The molecule has 0 radical (unpaired) electrons. The second kappa shape index (κ2) is 12.2. The van der Waals surface area contributed by atoms with Gasteiger partial charge in [-0.2, -0.15) is 18.2 Å². The summed E-state index contributed by atoms with van der Waals surface area (Å²) in [7, 11) is 3.44. The molecule has 0 atom stereocenters. The van der Waals surface area contributed by atoms with Crippen molar-refractivity contribution in [2.24, 2.45) is 0 Å². The first-order chi connectivity index (χ1) is 21.2. The number of halogens is 5. The molecule has 0 N–H and O–H groups in total. The molecule has 5 rings (SSSR count). The van der Waals surface area contributed by atoms with E-state index in [-0.39, 0.29) is 28.3 Å². The van der Waals surface area contributed by atoms with Crippen LogP contribution in [0.15, 0.2) is 70.3 Å². The first-order valence-electron chi connectivity index (χ1n) is 13.1. The van der Waals surface area contributed by atoms with Gasteiger partial charge in [0.25, 0.3) is 11.2 Å². The van der Waals surface area contributed by atoms with Gasteiger partial charge < -0.3 is 9.64 Å². The second-order valence-electron chi connectivity index (χ2n) is 10.1. The molecule has 0 amide bonds. The Labute approximate surface area is 254 Å². The summed E-state index contributed by atoms with van der Waals surface area (Å²) in [5.74, 6) is -2.80. The molecular weight excluding hydrogens is 625 g/mol. The van der Waals surface area contributed by atoms with E-state index >= 15 is 0 Å². The van der Waals surface area contributed by atoms with E-state index < -0.39 is 58.6 Å². The zero-order valence-electron chi connectivity index (χ0n) is 23.5. The molecule has 0 unspecified atom stereocenters. The third-order valence-corrected chi connectivity index (χ3v) is 7.89. The van der Waals surface area contributed by atoms with E-state index in [1.54, 1.807) is 19.0 Å². The fourth-order valence-electron chi connectivity index (χ4n) is 4.65. The SMILES string of the molecule is CN(C)Cc1c(-c2ccc([N+](=O)[O-])cc2)sc2c1c(=O)n(-c1cccc(OCC(F)(F)F)n1)c(=O)n2Cc1c(F)cccc1F. The van der Waals surface area contributed by atoms with Gasteiger partial charge in [-0.1, -0.05) is 12.1 Å². The molecule has 45 heavy (non-hydrogen) atoms. The van der Waals surface area contributed by atoms with E-state index in [2.05, 4.69) is 4.98 Å². The molecule has 0 fully saturated rings. The van der Waals surface area contributed by atoms with E-state index in [9.17, 15) is 41.7 Å². The number of rotatable bonds is 9. The zero-order valence-corrected chi connectivity index (χ0v) is 24.3. The summed E-state index contributed by atoms with van der Waals surface area (Å²) >= 11 is 0.975. The van der Waals surface area contributed by atoms with Crippen molar-refractivity contribution in [2.45, 2.75) is 19.3 Å². The molecule has 234 valence electrons. The molecule has 10 nitrogen and oxygen atoms in total. The number of fused-ring (bicyclic) bond motifs is 1. The Morgan fingerprint density at radius 3 is 2.22 bits per heavy atom. The molecule has 0 aliphatic rings. The third kappa shape index (κ3) is 6.46. The van der Waals surface area contributed by atoms with Gasteiger partial charge in [0.2, 0.25) is 5.88 Å². The Morgan fingerprint density at radius 1 is 0.978 bits per heavy atom. The van der Waals surface area contributed by atoms with Gasteiger partial charge in [0.15, 0.2) is 6.61 Å². The minimum Gasteiger partial charge on any atom is -0.468 e. The van der Waals surface area contributed by atoms with Crippen LogP contribution < -0.4 is 16.0 Å². The van der Waals surface area contributed by atoms with E-state index in [0.717, 1.165) is 40.2 Å². The Morgan fingerprint density at radius 2 is 1.62 bits per heavy atom. The number of non-ortho nitro benzene ring substituents is 1.